The molecule has 0 aromatic carbocycles. The molecule has 0 radical (unpaired) electrons. The summed E-state index contributed by atoms with van der Waals surface area (Å²) in [4.78, 5) is 17.9. The Labute approximate surface area is 113 Å². The summed E-state index contributed by atoms with van der Waals surface area (Å²) in [7, 11) is 1.42. The quantitative estimate of drug-likeness (QED) is 0.675. The Morgan fingerprint density at radius 1 is 1.42 bits per heavy atom. The molecule has 1 N–H and O–H groups in total. The average Bonchev–Trinajstić information content (AvgIpc) is 2.59. The Morgan fingerprint density at radius 2 is 2.11 bits per heavy atom. The minimum atomic E-state index is -4.63. The van der Waals surface area contributed by atoms with Crippen LogP contribution in [0.5, 0.6) is 0 Å². The molecule has 2 rings (SSSR count). The Kier molecular flexibility index (Phi) is 3.54. The Balaban J connectivity index is 2.38. The van der Waals surface area contributed by atoms with Crippen molar-refractivity contribution in [3.63, 3.8) is 0 Å². The Bertz CT molecular complexity index is 667. The predicted molar refractivity (Wildman–Crippen MR) is 60.0 cm³/mol. The van der Waals surface area contributed by atoms with Gasteiger partial charge in [-0.1, -0.05) is 0 Å². The van der Waals surface area contributed by atoms with Gasteiger partial charge in [-0.25, -0.2) is 19.9 Å². The Morgan fingerprint density at radius 3 is 2.63 bits per heavy atom. The van der Waals surface area contributed by atoms with Gasteiger partial charge in [-0.05, 0) is 23.4 Å². The second-order valence-corrected chi connectivity index (χ2v) is 4.66. The largest absolute Gasteiger partial charge is 0.433 e. The summed E-state index contributed by atoms with van der Waals surface area (Å²) in [5, 5.41) is 5.36. The number of halogens is 4. The molecule has 0 fully saturated rings. The van der Waals surface area contributed by atoms with Gasteiger partial charge in [0.05, 0.1) is 0 Å². The third kappa shape index (κ3) is 3.07. The highest BCUT2D eigenvalue weighted by atomic mass is 35.5. The fourth-order valence-electron chi connectivity index (χ4n) is 1.11. The molecule has 19 heavy (non-hydrogen) atoms. The molecule has 0 bridgehead atoms. The number of aromatic amines is 1. The third-order valence-corrected chi connectivity index (χ3v) is 3.14. The number of alkyl halides is 3. The molecule has 2 aromatic rings. The zero-order valence-electron chi connectivity index (χ0n) is 9.19. The van der Waals surface area contributed by atoms with Gasteiger partial charge in [-0.15, -0.1) is 5.10 Å². The van der Waals surface area contributed by atoms with Crippen molar-refractivity contribution < 1.29 is 13.2 Å². The van der Waals surface area contributed by atoms with Crippen LogP contribution in [0, 0.1) is 0 Å². The van der Waals surface area contributed by atoms with Gasteiger partial charge in [0, 0.05) is 13.1 Å². The zero-order valence-corrected chi connectivity index (χ0v) is 10.8. The number of H-pyrrole nitrogens is 1. The van der Waals surface area contributed by atoms with Crippen molar-refractivity contribution in [1.29, 1.82) is 0 Å². The molecule has 102 valence electrons. The summed E-state index contributed by atoms with van der Waals surface area (Å²) in [6.45, 7) is 0. The molecule has 0 amide bonds. The maximum absolute atomic E-state index is 12.5. The summed E-state index contributed by atoms with van der Waals surface area (Å²) in [6.07, 6.45) is -4.63. The van der Waals surface area contributed by atoms with Gasteiger partial charge in [-0.3, -0.25) is 4.57 Å². The highest BCUT2D eigenvalue weighted by molar-refractivity contribution is 7.99. The third-order valence-electron chi connectivity index (χ3n) is 2.00. The number of aromatic nitrogens is 5. The number of hydrogen-bond acceptors (Lipinski definition) is 5. The van der Waals surface area contributed by atoms with Crippen LogP contribution in [0.3, 0.4) is 0 Å². The first-order chi connectivity index (χ1) is 8.77. The van der Waals surface area contributed by atoms with Crippen molar-refractivity contribution in [3.8, 4) is 0 Å². The normalized spacial score (nSPS) is 11.8. The first-order valence-electron chi connectivity index (χ1n) is 4.68. The van der Waals surface area contributed by atoms with E-state index in [1.54, 1.807) is 0 Å². The molecule has 0 atom stereocenters. The predicted octanol–water partition coefficient (Wildman–Crippen LogP) is 1.72. The minimum absolute atomic E-state index is 0.0607. The summed E-state index contributed by atoms with van der Waals surface area (Å²) < 4.78 is 38.7. The van der Waals surface area contributed by atoms with E-state index in [0.29, 0.717) is 0 Å². The topological polar surface area (TPSA) is 76.5 Å². The van der Waals surface area contributed by atoms with E-state index in [1.165, 1.54) is 7.05 Å². The van der Waals surface area contributed by atoms with E-state index in [4.69, 9.17) is 11.6 Å². The smallest absolute Gasteiger partial charge is 0.273 e. The van der Waals surface area contributed by atoms with Crippen molar-refractivity contribution in [2.24, 2.45) is 7.05 Å². The summed E-state index contributed by atoms with van der Waals surface area (Å²) in [5.74, 6) is 0. The van der Waals surface area contributed by atoms with Crippen LogP contribution in [-0.4, -0.2) is 24.7 Å². The number of rotatable bonds is 2. The fourth-order valence-corrected chi connectivity index (χ4v) is 2.14. The Hall–Kier alpha value is -1.55. The van der Waals surface area contributed by atoms with E-state index in [2.05, 4.69) is 20.2 Å². The van der Waals surface area contributed by atoms with Crippen LogP contribution in [0.2, 0.25) is 5.28 Å². The van der Waals surface area contributed by atoms with Crippen LogP contribution in [-0.2, 0) is 13.2 Å². The fraction of sp³-hybridized carbons (Fsp3) is 0.250. The molecular weight excluding hydrogens is 307 g/mol. The molecule has 2 aromatic heterocycles. The van der Waals surface area contributed by atoms with Gasteiger partial charge in [-0.2, -0.15) is 13.2 Å². The van der Waals surface area contributed by atoms with Crippen molar-refractivity contribution in [1.82, 2.24) is 24.7 Å². The SMILES string of the molecule is Cn1c(Sc2cc(C(F)(F)F)nc(Cl)n2)n[nH]c1=O. The molecule has 0 aliphatic rings. The first-order valence-corrected chi connectivity index (χ1v) is 5.88. The lowest BCUT2D eigenvalue weighted by molar-refractivity contribution is -0.141. The molecule has 0 saturated heterocycles. The van der Waals surface area contributed by atoms with Crippen LogP contribution >= 0.6 is 23.4 Å². The molecule has 0 unspecified atom stereocenters. The molecule has 2 heterocycles. The van der Waals surface area contributed by atoms with Crippen LogP contribution in [0.1, 0.15) is 5.69 Å². The molecule has 0 saturated carbocycles. The van der Waals surface area contributed by atoms with E-state index >= 15 is 0 Å². The lowest BCUT2D eigenvalue weighted by Gasteiger charge is -2.07. The molecule has 6 nitrogen and oxygen atoms in total. The average molecular weight is 312 g/mol. The summed E-state index contributed by atoms with van der Waals surface area (Å²) >= 11 is 6.20. The second kappa shape index (κ2) is 4.85. The van der Waals surface area contributed by atoms with Crippen molar-refractivity contribution in [2.75, 3.05) is 0 Å². The second-order valence-electron chi connectivity index (χ2n) is 3.33. The molecule has 0 aliphatic heterocycles. The lowest BCUT2D eigenvalue weighted by Crippen LogP contribution is -2.13. The number of nitrogens with one attached hydrogen (secondary N) is 1. The van der Waals surface area contributed by atoms with Gasteiger partial charge < -0.3 is 0 Å². The standard InChI is InChI=1S/C8H5ClF3N5OS/c1-17-6(18)15-16-7(17)19-4-2-3(8(10,11)12)13-5(9)14-4/h2H,1H3,(H,15,18). The molecule has 0 spiro atoms. The van der Waals surface area contributed by atoms with Crippen molar-refractivity contribution in [2.45, 2.75) is 16.4 Å². The molecule has 11 heteroatoms. The minimum Gasteiger partial charge on any atom is -0.273 e. The first kappa shape index (κ1) is 13.9. The summed E-state index contributed by atoms with van der Waals surface area (Å²) in [5.41, 5.74) is -1.64. The van der Waals surface area contributed by atoms with E-state index in [-0.39, 0.29) is 10.2 Å². The van der Waals surface area contributed by atoms with Gasteiger partial charge in [0.15, 0.2) is 10.9 Å². The highest BCUT2D eigenvalue weighted by Crippen LogP contribution is 2.32. The van der Waals surface area contributed by atoms with E-state index < -0.39 is 22.8 Å². The van der Waals surface area contributed by atoms with Crippen molar-refractivity contribution >= 4 is 23.4 Å². The van der Waals surface area contributed by atoms with Gasteiger partial charge in [0.25, 0.3) is 0 Å². The highest BCUT2D eigenvalue weighted by Gasteiger charge is 2.33. The molecular formula is C8H5ClF3N5OS. The van der Waals surface area contributed by atoms with Crippen molar-refractivity contribution in [3.05, 3.63) is 27.5 Å². The zero-order chi connectivity index (χ0) is 14.2. The molecule has 0 aliphatic carbocycles. The van der Waals surface area contributed by atoms with E-state index in [0.717, 1.165) is 22.4 Å². The van der Waals surface area contributed by atoms with E-state index in [1.807, 2.05) is 0 Å². The summed E-state index contributed by atoms with van der Waals surface area (Å²) in [6, 6.07) is 0.732. The lowest BCUT2D eigenvalue weighted by atomic mass is 10.4. The maximum atomic E-state index is 12.5. The monoisotopic (exact) mass is 311 g/mol. The maximum Gasteiger partial charge on any atom is 0.433 e. The van der Waals surface area contributed by atoms with E-state index in [9.17, 15) is 18.0 Å². The van der Waals surface area contributed by atoms with Crippen LogP contribution in [0.25, 0.3) is 0 Å². The van der Waals surface area contributed by atoms with Crippen LogP contribution in [0.4, 0.5) is 13.2 Å². The van der Waals surface area contributed by atoms with Gasteiger partial charge in [0.2, 0.25) is 5.28 Å². The number of nitrogens with zero attached hydrogens (tertiary/aromatic N) is 4. The number of hydrogen-bond donors (Lipinski definition) is 1. The van der Waals surface area contributed by atoms with Crippen LogP contribution in [0.15, 0.2) is 21.0 Å². The van der Waals surface area contributed by atoms with Gasteiger partial charge in [0.1, 0.15) is 5.03 Å². The van der Waals surface area contributed by atoms with Crippen LogP contribution < -0.4 is 5.69 Å². The van der Waals surface area contributed by atoms with Gasteiger partial charge >= 0.3 is 11.9 Å².